The van der Waals surface area contributed by atoms with Gasteiger partial charge in [0.25, 0.3) is 0 Å². The average molecular weight is 260 g/mol. The third-order valence-electron chi connectivity index (χ3n) is 1.82. The molecule has 1 aromatic heterocycles. The summed E-state index contributed by atoms with van der Waals surface area (Å²) in [6, 6.07) is 0. The zero-order valence-electron chi connectivity index (χ0n) is 9.65. The van der Waals surface area contributed by atoms with Crippen molar-refractivity contribution in [3.63, 3.8) is 0 Å². The Morgan fingerprint density at radius 1 is 1.62 bits per heavy atom. The summed E-state index contributed by atoms with van der Waals surface area (Å²) in [5, 5.41) is 0. The van der Waals surface area contributed by atoms with Gasteiger partial charge in [0.15, 0.2) is 0 Å². The first-order valence-electron chi connectivity index (χ1n) is 5.32. The monoisotopic (exact) mass is 260 g/mol. The lowest BCUT2D eigenvalue weighted by molar-refractivity contribution is 0.125. The van der Waals surface area contributed by atoms with Gasteiger partial charge in [0.05, 0.1) is 4.90 Å². The zero-order chi connectivity index (χ0) is 12.0. The summed E-state index contributed by atoms with van der Waals surface area (Å²) in [7, 11) is 3.27. The van der Waals surface area contributed by atoms with Crippen LogP contribution < -0.4 is 5.69 Å². The lowest BCUT2D eigenvalue weighted by atomic mass is 10.3. The first-order chi connectivity index (χ1) is 7.79. The van der Waals surface area contributed by atoms with E-state index in [0.717, 1.165) is 17.0 Å². The minimum absolute atomic E-state index is 0.135. The quantitative estimate of drug-likeness (QED) is 0.828. The molecule has 1 aromatic rings. The molecule has 4 nitrogen and oxygen atoms in total. The van der Waals surface area contributed by atoms with Crippen LogP contribution in [0.5, 0.6) is 0 Å². The molecule has 6 heteroatoms. The smallest absolute Gasteiger partial charge is 0.345 e. The van der Waals surface area contributed by atoms with Gasteiger partial charge < -0.3 is 9.72 Å². The molecule has 0 amide bonds. The lowest BCUT2D eigenvalue weighted by Crippen LogP contribution is -2.20. The average Bonchev–Trinajstić information content (AvgIpc) is 2.31. The topological polar surface area (TPSA) is 55.0 Å². The van der Waals surface area contributed by atoms with Crippen LogP contribution in [0.3, 0.4) is 0 Å². The fourth-order valence-corrected chi connectivity index (χ4v) is 3.62. The summed E-state index contributed by atoms with van der Waals surface area (Å²) < 4.78 is 5.48. The van der Waals surface area contributed by atoms with Crippen LogP contribution in [-0.4, -0.2) is 22.0 Å². The van der Waals surface area contributed by atoms with Crippen LogP contribution in [0.25, 0.3) is 0 Å². The number of fused-ring (bicyclic) bond motifs is 1. The van der Waals surface area contributed by atoms with Crippen molar-refractivity contribution in [3.05, 3.63) is 22.4 Å². The van der Waals surface area contributed by atoms with E-state index in [9.17, 15) is 4.79 Å². The molecule has 1 unspecified atom stereocenters. The molecule has 0 radical (unpaired) electrons. The number of H-pyrrole nitrogens is 1. The number of hydrogen-bond donors (Lipinski definition) is 1. The van der Waals surface area contributed by atoms with E-state index < -0.39 is 0 Å². The molecule has 2 rings (SSSR count). The Hall–Kier alpha value is -0.460. The summed E-state index contributed by atoms with van der Waals surface area (Å²) in [6.45, 7) is 6.67. The van der Waals surface area contributed by atoms with Crippen LogP contribution in [0.15, 0.2) is 15.9 Å². The molecule has 0 aliphatic carbocycles. The highest BCUT2D eigenvalue weighted by atomic mass is 33.1. The molecule has 0 aromatic carbocycles. The Balaban J connectivity index is 0.000000606. The predicted octanol–water partition coefficient (Wildman–Crippen LogP) is 2.46. The summed E-state index contributed by atoms with van der Waals surface area (Å²) in [6.07, 6.45) is 2.37. The fraction of sp³-hybridized carbons (Fsp3) is 0.600. The van der Waals surface area contributed by atoms with Gasteiger partial charge in [-0.2, -0.15) is 0 Å². The van der Waals surface area contributed by atoms with Crippen molar-refractivity contribution in [3.8, 4) is 0 Å². The number of hydrogen-bond acceptors (Lipinski definition) is 5. The van der Waals surface area contributed by atoms with Crippen molar-refractivity contribution in [2.75, 3.05) is 6.61 Å². The van der Waals surface area contributed by atoms with Crippen molar-refractivity contribution >= 4 is 21.6 Å². The second-order valence-corrected chi connectivity index (χ2v) is 5.20. The van der Waals surface area contributed by atoms with Crippen molar-refractivity contribution in [1.29, 1.82) is 0 Å². The number of ether oxygens (including phenoxy) is 1. The van der Waals surface area contributed by atoms with Gasteiger partial charge in [-0.25, -0.2) is 9.78 Å². The minimum Gasteiger partial charge on any atom is -0.367 e. The van der Waals surface area contributed by atoms with Crippen molar-refractivity contribution < 1.29 is 4.74 Å². The van der Waals surface area contributed by atoms with Crippen LogP contribution >= 0.6 is 21.6 Å². The molecule has 16 heavy (non-hydrogen) atoms. The van der Waals surface area contributed by atoms with E-state index in [1.807, 2.05) is 20.8 Å². The van der Waals surface area contributed by atoms with Crippen LogP contribution in [0, 0.1) is 0 Å². The van der Waals surface area contributed by atoms with Gasteiger partial charge in [-0.05, 0) is 6.92 Å². The van der Waals surface area contributed by atoms with E-state index in [0.29, 0.717) is 6.61 Å². The molecule has 0 spiro atoms. The van der Waals surface area contributed by atoms with E-state index in [1.54, 1.807) is 27.8 Å². The molecule has 1 N–H and O–H groups in total. The molecule has 1 atom stereocenters. The first kappa shape index (κ1) is 13.6. The largest absolute Gasteiger partial charge is 0.367 e. The summed E-state index contributed by atoms with van der Waals surface area (Å²) >= 11 is 0. The molecule has 1 aliphatic heterocycles. The standard InChI is InChI=1S/C8H10N2O2S2.C2H6/c1-2-12-7-3-5-6(13-14-7)4-9-8(11)10-5;1-2/h4,7H,2-3H2,1H3,(H,9,10,11);1-2H3. The van der Waals surface area contributed by atoms with Crippen molar-refractivity contribution in [2.24, 2.45) is 0 Å². The highest BCUT2D eigenvalue weighted by molar-refractivity contribution is 8.77. The summed E-state index contributed by atoms with van der Waals surface area (Å²) in [5.74, 6) is 0. The predicted molar refractivity (Wildman–Crippen MR) is 68.8 cm³/mol. The Labute approximate surface area is 103 Å². The molecule has 0 saturated carbocycles. The molecule has 0 fully saturated rings. The molecule has 0 saturated heterocycles. The number of aromatic nitrogens is 2. The Bertz CT molecular complexity index is 381. The van der Waals surface area contributed by atoms with Crippen LogP contribution in [0.4, 0.5) is 0 Å². The number of rotatable bonds is 2. The number of nitrogens with one attached hydrogen (secondary N) is 1. The summed E-state index contributed by atoms with van der Waals surface area (Å²) in [5.41, 5.74) is 0.786. The SMILES string of the molecule is CC.CCOC1Cc2[nH]c(=O)ncc2SS1. The van der Waals surface area contributed by atoms with Gasteiger partial charge in [-0.15, -0.1) is 0 Å². The van der Waals surface area contributed by atoms with Gasteiger partial charge in [-0.3, -0.25) is 0 Å². The van der Waals surface area contributed by atoms with E-state index in [-0.39, 0.29) is 11.1 Å². The van der Waals surface area contributed by atoms with Gasteiger partial charge in [0.1, 0.15) is 5.44 Å². The van der Waals surface area contributed by atoms with Crippen LogP contribution in [0.1, 0.15) is 26.5 Å². The Morgan fingerprint density at radius 3 is 3.06 bits per heavy atom. The van der Waals surface area contributed by atoms with E-state index >= 15 is 0 Å². The Kier molecular flexibility index (Phi) is 5.94. The maximum atomic E-state index is 11.0. The third kappa shape index (κ3) is 3.54. The van der Waals surface area contributed by atoms with Gasteiger partial charge in [0.2, 0.25) is 0 Å². The fourth-order valence-electron chi connectivity index (χ4n) is 1.22. The molecule has 0 bridgehead atoms. The van der Waals surface area contributed by atoms with Crippen LogP contribution in [0.2, 0.25) is 0 Å². The number of aromatic amines is 1. The zero-order valence-corrected chi connectivity index (χ0v) is 11.3. The van der Waals surface area contributed by atoms with Gasteiger partial charge in [0, 0.05) is 24.9 Å². The molecule has 1 aliphatic rings. The molecule has 90 valence electrons. The minimum atomic E-state index is -0.286. The summed E-state index contributed by atoms with van der Waals surface area (Å²) in [4.78, 5) is 18.4. The van der Waals surface area contributed by atoms with E-state index in [1.165, 1.54) is 0 Å². The van der Waals surface area contributed by atoms with Crippen molar-refractivity contribution in [2.45, 2.75) is 37.5 Å². The Morgan fingerprint density at radius 2 is 2.38 bits per heavy atom. The first-order valence-corrected chi connectivity index (χ1v) is 7.54. The highest BCUT2D eigenvalue weighted by Gasteiger charge is 2.21. The molecular formula is C10H16N2O2S2. The second-order valence-electron chi connectivity index (χ2n) is 2.80. The van der Waals surface area contributed by atoms with Gasteiger partial charge in [-0.1, -0.05) is 35.4 Å². The number of nitrogens with zero attached hydrogens (tertiary/aromatic N) is 1. The lowest BCUT2D eigenvalue weighted by Gasteiger charge is -2.21. The van der Waals surface area contributed by atoms with E-state index in [4.69, 9.17) is 4.74 Å². The maximum absolute atomic E-state index is 11.0. The van der Waals surface area contributed by atoms with Crippen molar-refractivity contribution in [1.82, 2.24) is 9.97 Å². The highest BCUT2D eigenvalue weighted by Crippen LogP contribution is 2.41. The molecule has 2 heterocycles. The van der Waals surface area contributed by atoms with Gasteiger partial charge >= 0.3 is 5.69 Å². The molecular weight excluding hydrogens is 244 g/mol. The second kappa shape index (κ2) is 6.98. The third-order valence-corrected chi connectivity index (χ3v) is 4.44. The maximum Gasteiger partial charge on any atom is 0.345 e. The van der Waals surface area contributed by atoms with Crippen LogP contribution in [-0.2, 0) is 11.2 Å². The van der Waals surface area contributed by atoms with E-state index in [2.05, 4.69) is 9.97 Å². The normalized spacial score (nSPS) is 18.3.